The van der Waals surface area contributed by atoms with Crippen LogP contribution in [-0.2, 0) is 6.54 Å². The summed E-state index contributed by atoms with van der Waals surface area (Å²) in [4.78, 5) is 0. The van der Waals surface area contributed by atoms with Gasteiger partial charge in [0.1, 0.15) is 5.82 Å². The predicted octanol–water partition coefficient (Wildman–Crippen LogP) is 4.52. The molecule has 0 aromatic heterocycles. The zero-order valence-electron chi connectivity index (χ0n) is 9.82. The van der Waals surface area contributed by atoms with Gasteiger partial charge >= 0.3 is 0 Å². The molecule has 0 fully saturated rings. The quantitative estimate of drug-likeness (QED) is 0.548. The van der Waals surface area contributed by atoms with Crippen molar-refractivity contribution in [3.8, 4) is 0 Å². The number of nitrogens with one attached hydrogen (secondary N) is 1. The molecule has 0 aliphatic carbocycles. The van der Waals surface area contributed by atoms with Crippen LogP contribution in [0, 0.1) is 5.82 Å². The molecule has 0 atom stereocenters. The number of alkyl halides is 1. The average Bonchev–Trinajstić information content (AvgIpc) is 2.33. The highest BCUT2D eigenvalue weighted by Gasteiger charge is 2.04. The lowest BCUT2D eigenvalue weighted by Gasteiger charge is -2.06. The van der Waals surface area contributed by atoms with Crippen molar-refractivity contribution in [2.45, 2.75) is 32.2 Å². The summed E-state index contributed by atoms with van der Waals surface area (Å²) < 4.78 is 13.5. The largest absolute Gasteiger partial charge is 0.313 e. The monoisotopic (exact) mass is 321 g/mol. The van der Waals surface area contributed by atoms with E-state index in [1.165, 1.54) is 19.3 Å². The Morgan fingerprint density at radius 2 is 1.94 bits per heavy atom. The van der Waals surface area contributed by atoms with Gasteiger partial charge in [0, 0.05) is 17.4 Å². The smallest absolute Gasteiger partial charge is 0.146 e. The lowest BCUT2D eigenvalue weighted by molar-refractivity contribution is 0.568. The number of halogens is 3. The molecule has 0 aliphatic rings. The molecule has 0 radical (unpaired) electrons. The first-order valence-corrected chi connectivity index (χ1v) is 7.45. The third-order valence-corrected chi connectivity index (χ3v) is 3.44. The first-order valence-electron chi connectivity index (χ1n) is 5.95. The molecular formula is C13H18BrClFN. The Morgan fingerprint density at radius 1 is 1.18 bits per heavy atom. The van der Waals surface area contributed by atoms with Gasteiger partial charge in [-0.2, -0.15) is 0 Å². The van der Waals surface area contributed by atoms with Gasteiger partial charge in [-0.25, -0.2) is 4.39 Å². The SMILES string of the molecule is Fc1c(Cl)cccc1CNCCCCCCBr. The van der Waals surface area contributed by atoms with Crippen molar-refractivity contribution >= 4 is 27.5 Å². The van der Waals surface area contributed by atoms with Crippen LogP contribution in [0.5, 0.6) is 0 Å². The average molecular weight is 323 g/mol. The number of benzene rings is 1. The van der Waals surface area contributed by atoms with Gasteiger partial charge < -0.3 is 5.32 Å². The summed E-state index contributed by atoms with van der Waals surface area (Å²) in [5.41, 5.74) is 0.637. The fraction of sp³-hybridized carbons (Fsp3) is 0.538. The van der Waals surface area contributed by atoms with Crippen molar-refractivity contribution < 1.29 is 4.39 Å². The van der Waals surface area contributed by atoms with Crippen LogP contribution in [0.4, 0.5) is 4.39 Å². The van der Waals surface area contributed by atoms with E-state index in [4.69, 9.17) is 11.6 Å². The fourth-order valence-corrected chi connectivity index (χ4v) is 2.20. The molecule has 0 aliphatic heterocycles. The maximum Gasteiger partial charge on any atom is 0.146 e. The Hall–Kier alpha value is -0.120. The summed E-state index contributed by atoms with van der Waals surface area (Å²) >= 11 is 9.11. The van der Waals surface area contributed by atoms with Crippen LogP contribution in [-0.4, -0.2) is 11.9 Å². The minimum absolute atomic E-state index is 0.196. The van der Waals surface area contributed by atoms with Crippen LogP contribution in [0.1, 0.15) is 31.2 Å². The molecule has 0 unspecified atom stereocenters. The van der Waals surface area contributed by atoms with E-state index in [1.807, 2.05) is 0 Å². The highest BCUT2D eigenvalue weighted by Crippen LogP contribution is 2.17. The lowest BCUT2D eigenvalue weighted by atomic mass is 10.2. The van der Waals surface area contributed by atoms with Crippen molar-refractivity contribution in [1.29, 1.82) is 0 Å². The van der Waals surface area contributed by atoms with Gasteiger partial charge in [0.15, 0.2) is 0 Å². The third kappa shape index (κ3) is 5.84. The van der Waals surface area contributed by atoms with E-state index in [2.05, 4.69) is 21.2 Å². The highest BCUT2D eigenvalue weighted by atomic mass is 79.9. The predicted molar refractivity (Wildman–Crippen MR) is 75.4 cm³/mol. The van der Waals surface area contributed by atoms with Gasteiger partial charge in [0.2, 0.25) is 0 Å². The summed E-state index contributed by atoms with van der Waals surface area (Å²) in [6.45, 7) is 1.47. The van der Waals surface area contributed by atoms with Crippen molar-refractivity contribution in [2.24, 2.45) is 0 Å². The van der Waals surface area contributed by atoms with Crippen LogP contribution in [0.3, 0.4) is 0 Å². The molecule has 1 nitrogen and oxygen atoms in total. The number of hydrogen-bond acceptors (Lipinski definition) is 1. The van der Waals surface area contributed by atoms with Crippen LogP contribution < -0.4 is 5.32 Å². The summed E-state index contributed by atoms with van der Waals surface area (Å²) in [6, 6.07) is 5.11. The number of hydrogen-bond donors (Lipinski definition) is 1. The highest BCUT2D eigenvalue weighted by molar-refractivity contribution is 9.09. The summed E-state index contributed by atoms with van der Waals surface area (Å²) in [5, 5.41) is 4.51. The van der Waals surface area contributed by atoms with Crippen LogP contribution in [0.2, 0.25) is 5.02 Å². The Balaban J connectivity index is 2.16. The Morgan fingerprint density at radius 3 is 2.71 bits per heavy atom. The van der Waals surface area contributed by atoms with Gasteiger partial charge in [-0.15, -0.1) is 0 Å². The number of unbranched alkanes of at least 4 members (excludes halogenated alkanes) is 3. The minimum Gasteiger partial charge on any atom is -0.313 e. The molecule has 1 aromatic rings. The molecule has 0 spiro atoms. The molecule has 0 amide bonds. The fourth-order valence-electron chi connectivity index (χ4n) is 1.61. The molecule has 4 heteroatoms. The van der Waals surface area contributed by atoms with Gasteiger partial charge in [-0.3, -0.25) is 0 Å². The lowest BCUT2D eigenvalue weighted by Crippen LogP contribution is -2.15. The van der Waals surface area contributed by atoms with Crippen LogP contribution in [0.15, 0.2) is 18.2 Å². The van der Waals surface area contributed by atoms with E-state index in [9.17, 15) is 4.39 Å². The molecular weight excluding hydrogens is 305 g/mol. The first kappa shape index (κ1) is 14.9. The zero-order valence-corrected chi connectivity index (χ0v) is 12.2. The molecule has 0 saturated carbocycles. The molecule has 0 bridgehead atoms. The molecule has 1 rings (SSSR count). The van der Waals surface area contributed by atoms with Crippen LogP contribution >= 0.6 is 27.5 Å². The molecule has 0 heterocycles. The van der Waals surface area contributed by atoms with Gasteiger partial charge in [-0.1, -0.05) is 52.5 Å². The van der Waals surface area contributed by atoms with Crippen molar-refractivity contribution in [3.05, 3.63) is 34.6 Å². The molecule has 96 valence electrons. The Kier molecular flexibility index (Phi) is 7.82. The van der Waals surface area contributed by atoms with Gasteiger partial charge in [0.25, 0.3) is 0 Å². The van der Waals surface area contributed by atoms with Gasteiger partial charge in [0.05, 0.1) is 5.02 Å². The summed E-state index contributed by atoms with van der Waals surface area (Å²) in [7, 11) is 0. The van der Waals surface area contributed by atoms with E-state index < -0.39 is 0 Å². The molecule has 0 saturated heterocycles. The Bertz CT molecular complexity index is 333. The van der Waals surface area contributed by atoms with Crippen molar-refractivity contribution in [2.75, 3.05) is 11.9 Å². The van der Waals surface area contributed by atoms with Crippen molar-refractivity contribution in [1.82, 2.24) is 5.32 Å². The Labute approximate surface area is 116 Å². The second-order valence-corrected chi connectivity index (χ2v) is 5.19. The maximum absolute atomic E-state index is 13.5. The zero-order chi connectivity index (χ0) is 12.5. The standard InChI is InChI=1S/C13H18BrClFN/c14-8-3-1-2-4-9-17-10-11-6-5-7-12(15)13(11)16/h5-7,17H,1-4,8-10H2. The van der Waals surface area contributed by atoms with E-state index in [1.54, 1.807) is 18.2 Å². The normalized spacial score (nSPS) is 10.8. The minimum atomic E-state index is -0.305. The second kappa shape index (κ2) is 8.90. The first-order chi connectivity index (χ1) is 8.25. The molecule has 1 N–H and O–H groups in total. The second-order valence-electron chi connectivity index (χ2n) is 3.99. The summed E-state index contributed by atoms with van der Waals surface area (Å²) in [5.74, 6) is -0.305. The van der Waals surface area contributed by atoms with Crippen molar-refractivity contribution in [3.63, 3.8) is 0 Å². The number of rotatable bonds is 8. The maximum atomic E-state index is 13.5. The topological polar surface area (TPSA) is 12.0 Å². The molecule has 17 heavy (non-hydrogen) atoms. The summed E-state index contributed by atoms with van der Waals surface area (Å²) in [6.07, 6.45) is 4.83. The van der Waals surface area contributed by atoms with E-state index in [0.717, 1.165) is 18.3 Å². The van der Waals surface area contributed by atoms with E-state index >= 15 is 0 Å². The third-order valence-electron chi connectivity index (χ3n) is 2.58. The van der Waals surface area contributed by atoms with E-state index in [0.29, 0.717) is 12.1 Å². The van der Waals surface area contributed by atoms with E-state index in [-0.39, 0.29) is 10.8 Å². The molecule has 1 aromatic carbocycles. The van der Waals surface area contributed by atoms with Gasteiger partial charge in [-0.05, 0) is 25.5 Å². The van der Waals surface area contributed by atoms with Crippen LogP contribution in [0.25, 0.3) is 0 Å².